The Kier molecular flexibility index (Phi) is 4.05. The molecule has 3 heteroatoms. The van der Waals surface area contributed by atoms with Crippen molar-refractivity contribution in [2.75, 3.05) is 7.05 Å². The van der Waals surface area contributed by atoms with Crippen molar-refractivity contribution in [1.82, 2.24) is 5.32 Å². The SMILES string of the molecule is CNCc1cc(COc2ccccc2C)c(C)o1. The third kappa shape index (κ3) is 2.93. The van der Waals surface area contributed by atoms with E-state index in [1.807, 2.05) is 51.2 Å². The zero-order valence-corrected chi connectivity index (χ0v) is 11.1. The number of rotatable bonds is 5. The molecule has 3 nitrogen and oxygen atoms in total. The van der Waals surface area contributed by atoms with Gasteiger partial charge >= 0.3 is 0 Å². The highest BCUT2D eigenvalue weighted by molar-refractivity contribution is 5.32. The van der Waals surface area contributed by atoms with E-state index in [1.54, 1.807) is 0 Å². The average molecular weight is 245 g/mol. The van der Waals surface area contributed by atoms with E-state index in [4.69, 9.17) is 9.15 Å². The van der Waals surface area contributed by atoms with Crippen LogP contribution in [-0.2, 0) is 13.2 Å². The van der Waals surface area contributed by atoms with Gasteiger partial charge in [0.1, 0.15) is 23.9 Å². The summed E-state index contributed by atoms with van der Waals surface area (Å²) in [6.45, 7) is 5.30. The zero-order chi connectivity index (χ0) is 13.0. The Bertz CT molecular complexity index is 517. The molecule has 18 heavy (non-hydrogen) atoms. The van der Waals surface area contributed by atoms with Crippen molar-refractivity contribution in [3.8, 4) is 5.75 Å². The van der Waals surface area contributed by atoms with Gasteiger partial charge in [0.15, 0.2) is 0 Å². The molecule has 1 aromatic carbocycles. The van der Waals surface area contributed by atoms with E-state index in [0.717, 1.165) is 34.9 Å². The molecule has 0 saturated heterocycles. The Labute approximate surface area is 108 Å². The van der Waals surface area contributed by atoms with Crippen LogP contribution in [0.25, 0.3) is 0 Å². The molecule has 0 atom stereocenters. The third-order valence-corrected chi connectivity index (χ3v) is 2.90. The smallest absolute Gasteiger partial charge is 0.122 e. The molecule has 96 valence electrons. The van der Waals surface area contributed by atoms with E-state index in [2.05, 4.69) is 5.32 Å². The Morgan fingerprint density at radius 1 is 1.22 bits per heavy atom. The molecule has 0 aliphatic heterocycles. The first-order valence-electron chi connectivity index (χ1n) is 6.12. The fraction of sp³-hybridized carbons (Fsp3) is 0.333. The van der Waals surface area contributed by atoms with Gasteiger partial charge in [0.2, 0.25) is 0 Å². The number of benzene rings is 1. The summed E-state index contributed by atoms with van der Waals surface area (Å²) in [7, 11) is 1.90. The maximum absolute atomic E-state index is 5.81. The van der Waals surface area contributed by atoms with Crippen molar-refractivity contribution in [1.29, 1.82) is 0 Å². The molecule has 1 heterocycles. The molecular formula is C15H19NO2. The normalized spacial score (nSPS) is 10.6. The molecular weight excluding hydrogens is 226 g/mol. The largest absolute Gasteiger partial charge is 0.489 e. The second-order valence-corrected chi connectivity index (χ2v) is 4.38. The average Bonchev–Trinajstić information content (AvgIpc) is 2.69. The first-order valence-corrected chi connectivity index (χ1v) is 6.12. The summed E-state index contributed by atoms with van der Waals surface area (Å²) in [4.78, 5) is 0. The zero-order valence-electron chi connectivity index (χ0n) is 11.1. The molecule has 0 aliphatic rings. The predicted molar refractivity (Wildman–Crippen MR) is 71.7 cm³/mol. The van der Waals surface area contributed by atoms with Crippen LogP contribution in [0.3, 0.4) is 0 Å². The van der Waals surface area contributed by atoms with Crippen molar-refractivity contribution >= 4 is 0 Å². The van der Waals surface area contributed by atoms with Gasteiger partial charge in [-0.2, -0.15) is 0 Å². The summed E-state index contributed by atoms with van der Waals surface area (Å²) in [6.07, 6.45) is 0. The van der Waals surface area contributed by atoms with Crippen LogP contribution in [-0.4, -0.2) is 7.05 Å². The van der Waals surface area contributed by atoms with Crippen molar-refractivity contribution in [2.24, 2.45) is 0 Å². The molecule has 0 spiro atoms. The minimum absolute atomic E-state index is 0.546. The van der Waals surface area contributed by atoms with Crippen molar-refractivity contribution in [3.05, 3.63) is 53.0 Å². The van der Waals surface area contributed by atoms with Crippen molar-refractivity contribution in [3.63, 3.8) is 0 Å². The van der Waals surface area contributed by atoms with Gasteiger partial charge in [-0.1, -0.05) is 18.2 Å². The lowest BCUT2D eigenvalue weighted by molar-refractivity contribution is 0.301. The first-order chi connectivity index (χ1) is 8.70. The van der Waals surface area contributed by atoms with Crippen LogP contribution in [0.2, 0.25) is 0 Å². The Hall–Kier alpha value is -1.74. The van der Waals surface area contributed by atoms with Gasteiger partial charge in [-0.15, -0.1) is 0 Å². The van der Waals surface area contributed by atoms with Gasteiger partial charge in [0, 0.05) is 5.56 Å². The quantitative estimate of drug-likeness (QED) is 0.878. The van der Waals surface area contributed by atoms with E-state index in [1.165, 1.54) is 0 Å². The van der Waals surface area contributed by atoms with E-state index < -0.39 is 0 Å². The lowest BCUT2D eigenvalue weighted by atomic mass is 10.2. The Morgan fingerprint density at radius 2 is 2.00 bits per heavy atom. The van der Waals surface area contributed by atoms with Crippen LogP contribution in [0.5, 0.6) is 5.75 Å². The molecule has 0 amide bonds. The molecule has 0 saturated carbocycles. The van der Waals surface area contributed by atoms with Gasteiger partial charge < -0.3 is 14.5 Å². The summed E-state index contributed by atoms with van der Waals surface area (Å²) in [6, 6.07) is 10.1. The monoisotopic (exact) mass is 245 g/mol. The van der Waals surface area contributed by atoms with E-state index in [-0.39, 0.29) is 0 Å². The highest BCUT2D eigenvalue weighted by Gasteiger charge is 2.08. The predicted octanol–water partition coefficient (Wildman–Crippen LogP) is 3.19. The standard InChI is InChI=1S/C15H19NO2/c1-11-6-4-5-7-15(11)17-10-13-8-14(9-16-3)18-12(13)2/h4-8,16H,9-10H2,1-3H3. The van der Waals surface area contributed by atoms with Gasteiger partial charge in [0.25, 0.3) is 0 Å². The molecule has 0 aliphatic carbocycles. The molecule has 0 radical (unpaired) electrons. The van der Waals surface area contributed by atoms with Crippen LogP contribution in [0.4, 0.5) is 0 Å². The minimum atomic E-state index is 0.546. The lowest BCUT2D eigenvalue weighted by Crippen LogP contribution is -2.03. The molecule has 0 bridgehead atoms. The van der Waals surface area contributed by atoms with Crippen LogP contribution < -0.4 is 10.1 Å². The molecule has 0 fully saturated rings. The van der Waals surface area contributed by atoms with Crippen molar-refractivity contribution in [2.45, 2.75) is 27.0 Å². The number of aryl methyl sites for hydroxylation is 2. The molecule has 1 N–H and O–H groups in total. The highest BCUT2D eigenvalue weighted by Crippen LogP contribution is 2.20. The van der Waals surface area contributed by atoms with Gasteiger partial charge in [0.05, 0.1) is 6.54 Å². The number of hydrogen-bond acceptors (Lipinski definition) is 3. The van der Waals surface area contributed by atoms with Crippen LogP contribution in [0.15, 0.2) is 34.7 Å². The minimum Gasteiger partial charge on any atom is -0.489 e. The summed E-state index contributed by atoms with van der Waals surface area (Å²) < 4.78 is 11.4. The van der Waals surface area contributed by atoms with E-state index >= 15 is 0 Å². The number of para-hydroxylation sites is 1. The van der Waals surface area contributed by atoms with Gasteiger partial charge in [-0.3, -0.25) is 0 Å². The first kappa shape index (κ1) is 12.7. The number of furan rings is 1. The second kappa shape index (κ2) is 5.74. The van der Waals surface area contributed by atoms with Crippen LogP contribution in [0, 0.1) is 13.8 Å². The van der Waals surface area contributed by atoms with Gasteiger partial charge in [-0.05, 0) is 38.6 Å². The Morgan fingerprint density at radius 3 is 2.72 bits per heavy atom. The molecule has 0 unspecified atom stereocenters. The molecule has 1 aromatic heterocycles. The number of ether oxygens (including phenoxy) is 1. The number of nitrogens with one attached hydrogen (secondary N) is 1. The maximum atomic E-state index is 5.81. The summed E-state index contributed by atoms with van der Waals surface area (Å²) >= 11 is 0. The lowest BCUT2D eigenvalue weighted by Gasteiger charge is -2.07. The number of hydrogen-bond donors (Lipinski definition) is 1. The fourth-order valence-electron chi connectivity index (χ4n) is 1.87. The van der Waals surface area contributed by atoms with Crippen LogP contribution >= 0.6 is 0 Å². The topological polar surface area (TPSA) is 34.4 Å². The van der Waals surface area contributed by atoms with Gasteiger partial charge in [-0.25, -0.2) is 0 Å². The maximum Gasteiger partial charge on any atom is 0.122 e. The summed E-state index contributed by atoms with van der Waals surface area (Å²) in [5.41, 5.74) is 2.25. The van der Waals surface area contributed by atoms with E-state index in [0.29, 0.717) is 6.61 Å². The Balaban J connectivity index is 2.04. The summed E-state index contributed by atoms with van der Waals surface area (Å²) in [5.74, 6) is 2.79. The highest BCUT2D eigenvalue weighted by atomic mass is 16.5. The van der Waals surface area contributed by atoms with Crippen molar-refractivity contribution < 1.29 is 9.15 Å². The fourth-order valence-corrected chi connectivity index (χ4v) is 1.87. The summed E-state index contributed by atoms with van der Waals surface area (Å²) in [5, 5.41) is 3.07. The second-order valence-electron chi connectivity index (χ2n) is 4.38. The third-order valence-electron chi connectivity index (χ3n) is 2.90. The van der Waals surface area contributed by atoms with Crippen LogP contribution in [0.1, 0.15) is 22.6 Å². The molecule has 2 rings (SSSR count). The van der Waals surface area contributed by atoms with E-state index in [9.17, 15) is 0 Å². The molecule has 2 aromatic rings.